The molecule has 1 aliphatic carbocycles. The molecular formula is C8H14N2. The van der Waals surface area contributed by atoms with Crippen molar-refractivity contribution >= 4 is 5.84 Å². The van der Waals surface area contributed by atoms with Gasteiger partial charge < -0.3 is 5.32 Å². The van der Waals surface area contributed by atoms with Crippen LogP contribution < -0.4 is 5.32 Å². The summed E-state index contributed by atoms with van der Waals surface area (Å²) in [5, 5.41) is 3.05. The van der Waals surface area contributed by atoms with E-state index in [2.05, 4.69) is 23.8 Å². The van der Waals surface area contributed by atoms with Gasteiger partial charge in [0.2, 0.25) is 0 Å². The molecule has 2 nitrogen and oxygen atoms in total. The number of aliphatic imine (C=N–C) groups is 1. The second-order valence-corrected chi connectivity index (χ2v) is 2.98. The molecule has 0 aromatic rings. The van der Waals surface area contributed by atoms with E-state index in [1.807, 2.05) is 7.05 Å². The predicted octanol–water partition coefficient (Wildman–Crippen LogP) is 1.55. The fourth-order valence-electron chi connectivity index (χ4n) is 1.03. The van der Waals surface area contributed by atoms with E-state index in [1.165, 1.54) is 12.8 Å². The van der Waals surface area contributed by atoms with Crippen LogP contribution in [-0.4, -0.2) is 12.9 Å². The van der Waals surface area contributed by atoms with Crippen LogP contribution in [0.25, 0.3) is 0 Å². The van der Waals surface area contributed by atoms with Crippen molar-refractivity contribution in [3.8, 4) is 0 Å². The molecule has 2 heteroatoms. The molecule has 0 saturated heterocycles. The SMILES string of the molecule is C=CNC(=NC)C1(C)CC1. The number of nitrogens with one attached hydrogen (secondary N) is 1. The molecule has 0 aromatic heterocycles. The summed E-state index contributed by atoms with van der Waals surface area (Å²) in [4.78, 5) is 4.15. The Labute approximate surface area is 62.0 Å². The summed E-state index contributed by atoms with van der Waals surface area (Å²) in [7, 11) is 1.81. The Morgan fingerprint density at radius 3 is 2.60 bits per heavy atom. The van der Waals surface area contributed by atoms with Crippen molar-refractivity contribution in [2.24, 2.45) is 10.4 Å². The van der Waals surface area contributed by atoms with Gasteiger partial charge in [-0.05, 0) is 19.0 Å². The van der Waals surface area contributed by atoms with E-state index in [-0.39, 0.29) is 0 Å². The van der Waals surface area contributed by atoms with Gasteiger partial charge in [-0.1, -0.05) is 13.5 Å². The smallest absolute Gasteiger partial charge is 0.106 e. The quantitative estimate of drug-likeness (QED) is 0.454. The van der Waals surface area contributed by atoms with Crippen molar-refractivity contribution in [3.05, 3.63) is 12.8 Å². The topological polar surface area (TPSA) is 24.4 Å². The maximum absolute atomic E-state index is 4.15. The van der Waals surface area contributed by atoms with Gasteiger partial charge in [-0.3, -0.25) is 4.99 Å². The molecule has 1 N–H and O–H groups in total. The predicted molar refractivity (Wildman–Crippen MR) is 44.0 cm³/mol. The zero-order valence-corrected chi connectivity index (χ0v) is 6.65. The zero-order valence-electron chi connectivity index (χ0n) is 6.65. The molecule has 0 spiro atoms. The van der Waals surface area contributed by atoms with Crippen molar-refractivity contribution in [2.75, 3.05) is 7.05 Å². The maximum Gasteiger partial charge on any atom is 0.106 e. The number of nitrogens with zero attached hydrogens (tertiary/aromatic N) is 1. The normalized spacial score (nSPS) is 22.0. The van der Waals surface area contributed by atoms with Crippen LogP contribution in [0.1, 0.15) is 19.8 Å². The number of amidine groups is 1. The Bertz CT molecular complexity index is 166. The van der Waals surface area contributed by atoms with E-state index < -0.39 is 0 Å². The van der Waals surface area contributed by atoms with Gasteiger partial charge in [0.25, 0.3) is 0 Å². The monoisotopic (exact) mass is 138 g/mol. The van der Waals surface area contributed by atoms with Crippen LogP contribution in [0.3, 0.4) is 0 Å². The second kappa shape index (κ2) is 2.45. The molecule has 1 saturated carbocycles. The molecule has 0 heterocycles. The highest BCUT2D eigenvalue weighted by Crippen LogP contribution is 2.45. The van der Waals surface area contributed by atoms with Crippen LogP contribution >= 0.6 is 0 Å². The Balaban J connectivity index is 2.57. The van der Waals surface area contributed by atoms with E-state index in [0.717, 1.165) is 5.84 Å². The lowest BCUT2D eigenvalue weighted by Gasteiger charge is -2.10. The third-order valence-electron chi connectivity index (χ3n) is 2.03. The van der Waals surface area contributed by atoms with Crippen LogP contribution in [0.4, 0.5) is 0 Å². The Morgan fingerprint density at radius 2 is 2.30 bits per heavy atom. The standard InChI is InChI=1S/C8H14N2/c1-4-10-7(9-3)8(2)5-6-8/h4H,1,5-6H2,2-3H3,(H,9,10). The molecule has 0 bridgehead atoms. The van der Waals surface area contributed by atoms with Crippen molar-refractivity contribution in [1.82, 2.24) is 5.32 Å². The first-order valence-electron chi connectivity index (χ1n) is 3.57. The van der Waals surface area contributed by atoms with Crippen molar-refractivity contribution in [3.63, 3.8) is 0 Å². The van der Waals surface area contributed by atoms with Gasteiger partial charge in [-0.2, -0.15) is 0 Å². The molecule has 1 rings (SSSR count). The average Bonchev–Trinajstić information content (AvgIpc) is 2.64. The van der Waals surface area contributed by atoms with Gasteiger partial charge in [-0.15, -0.1) is 0 Å². The molecular weight excluding hydrogens is 124 g/mol. The summed E-state index contributed by atoms with van der Waals surface area (Å²) in [6.45, 7) is 5.81. The van der Waals surface area contributed by atoms with Gasteiger partial charge in [0, 0.05) is 12.5 Å². The van der Waals surface area contributed by atoms with Crippen LogP contribution in [-0.2, 0) is 0 Å². The minimum atomic E-state index is 0.336. The first-order valence-corrected chi connectivity index (χ1v) is 3.57. The van der Waals surface area contributed by atoms with E-state index in [9.17, 15) is 0 Å². The van der Waals surface area contributed by atoms with Gasteiger partial charge in [0.05, 0.1) is 0 Å². The fourth-order valence-corrected chi connectivity index (χ4v) is 1.03. The first-order chi connectivity index (χ1) is 4.73. The molecule has 0 aliphatic heterocycles. The largest absolute Gasteiger partial charge is 0.351 e. The summed E-state index contributed by atoms with van der Waals surface area (Å²) >= 11 is 0. The number of hydrogen-bond acceptors (Lipinski definition) is 1. The lowest BCUT2D eigenvalue weighted by molar-refractivity contribution is 0.770. The fraction of sp³-hybridized carbons (Fsp3) is 0.625. The van der Waals surface area contributed by atoms with Gasteiger partial charge in [-0.25, -0.2) is 0 Å². The van der Waals surface area contributed by atoms with E-state index >= 15 is 0 Å². The first kappa shape index (κ1) is 7.32. The summed E-state index contributed by atoms with van der Waals surface area (Å²) in [5.41, 5.74) is 0.336. The van der Waals surface area contributed by atoms with Crippen LogP contribution in [0, 0.1) is 5.41 Å². The Morgan fingerprint density at radius 1 is 1.70 bits per heavy atom. The second-order valence-electron chi connectivity index (χ2n) is 2.98. The highest BCUT2D eigenvalue weighted by atomic mass is 15.0. The van der Waals surface area contributed by atoms with Gasteiger partial charge in [0.1, 0.15) is 5.84 Å². The molecule has 0 amide bonds. The van der Waals surface area contributed by atoms with Crippen LogP contribution in [0.5, 0.6) is 0 Å². The Kier molecular flexibility index (Phi) is 1.79. The lowest BCUT2D eigenvalue weighted by atomic mass is 10.1. The van der Waals surface area contributed by atoms with E-state index in [1.54, 1.807) is 6.20 Å². The molecule has 1 aliphatic rings. The summed E-state index contributed by atoms with van der Waals surface area (Å²) < 4.78 is 0. The molecule has 56 valence electrons. The third kappa shape index (κ3) is 1.20. The minimum Gasteiger partial charge on any atom is -0.351 e. The Hall–Kier alpha value is -0.790. The minimum absolute atomic E-state index is 0.336. The molecule has 1 fully saturated rings. The number of rotatable bonds is 2. The van der Waals surface area contributed by atoms with E-state index in [0.29, 0.717) is 5.41 Å². The molecule has 0 aromatic carbocycles. The molecule has 10 heavy (non-hydrogen) atoms. The van der Waals surface area contributed by atoms with Gasteiger partial charge >= 0.3 is 0 Å². The highest BCUT2D eigenvalue weighted by molar-refractivity contribution is 5.90. The molecule has 0 unspecified atom stereocenters. The van der Waals surface area contributed by atoms with Crippen LogP contribution in [0.15, 0.2) is 17.8 Å². The van der Waals surface area contributed by atoms with Crippen molar-refractivity contribution in [1.29, 1.82) is 0 Å². The van der Waals surface area contributed by atoms with E-state index in [4.69, 9.17) is 0 Å². The van der Waals surface area contributed by atoms with Crippen molar-refractivity contribution < 1.29 is 0 Å². The maximum atomic E-state index is 4.15. The lowest BCUT2D eigenvalue weighted by Crippen LogP contribution is -2.25. The summed E-state index contributed by atoms with van der Waals surface area (Å²) in [6.07, 6.45) is 4.19. The van der Waals surface area contributed by atoms with Gasteiger partial charge in [0.15, 0.2) is 0 Å². The van der Waals surface area contributed by atoms with Crippen molar-refractivity contribution in [2.45, 2.75) is 19.8 Å². The third-order valence-corrected chi connectivity index (χ3v) is 2.03. The zero-order chi connectivity index (χ0) is 7.61. The summed E-state index contributed by atoms with van der Waals surface area (Å²) in [6, 6.07) is 0. The number of hydrogen-bond donors (Lipinski definition) is 1. The van der Waals surface area contributed by atoms with Crippen LogP contribution in [0.2, 0.25) is 0 Å². The molecule has 0 atom stereocenters. The summed E-state index contributed by atoms with van der Waals surface area (Å²) in [5.74, 6) is 1.07. The molecule has 0 radical (unpaired) electrons. The average molecular weight is 138 g/mol. The highest BCUT2D eigenvalue weighted by Gasteiger charge is 2.42.